The van der Waals surface area contributed by atoms with Gasteiger partial charge in [0.05, 0.1) is 25.5 Å². The molecule has 1 fully saturated rings. The average molecular weight is 277 g/mol. The molecule has 0 spiro atoms. The highest BCUT2D eigenvalue weighted by Gasteiger charge is 2.19. The quantitative estimate of drug-likeness (QED) is 0.903. The molecule has 1 aromatic rings. The second-order valence-corrected chi connectivity index (χ2v) is 4.76. The molecular weight excluding hydrogens is 258 g/mol. The van der Waals surface area contributed by atoms with Gasteiger partial charge in [0.2, 0.25) is 17.7 Å². The van der Waals surface area contributed by atoms with Gasteiger partial charge in [-0.1, -0.05) is 6.42 Å². The molecule has 1 aliphatic rings. The Balaban J connectivity index is 1.89. The minimum Gasteiger partial charge on any atom is -0.481 e. The summed E-state index contributed by atoms with van der Waals surface area (Å²) in [6, 6.07) is 3.39. The Bertz CT molecular complexity index is 473. The van der Waals surface area contributed by atoms with Crippen LogP contribution in [0.4, 0.5) is 5.69 Å². The topological polar surface area (TPSA) is 71.5 Å². The number of carbonyl (C=O) groups is 2. The molecular formula is C14H19N3O3. The summed E-state index contributed by atoms with van der Waals surface area (Å²) in [4.78, 5) is 29.4. The van der Waals surface area contributed by atoms with E-state index in [1.165, 1.54) is 13.3 Å². The number of methoxy groups -OCH3 is 1. The molecule has 0 atom stereocenters. The molecule has 0 radical (unpaired) electrons. The van der Waals surface area contributed by atoms with E-state index in [1.54, 1.807) is 17.0 Å². The van der Waals surface area contributed by atoms with Gasteiger partial charge in [0.15, 0.2) is 0 Å². The van der Waals surface area contributed by atoms with Gasteiger partial charge in [0.25, 0.3) is 0 Å². The summed E-state index contributed by atoms with van der Waals surface area (Å²) in [5, 5.41) is 2.73. The summed E-state index contributed by atoms with van der Waals surface area (Å²) < 4.78 is 4.95. The predicted octanol–water partition coefficient (Wildman–Crippen LogP) is 1.43. The summed E-state index contributed by atoms with van der Waals surface area (Å²) in [7, 11) is 1.53. The van der Waals surface area contributed by atoms with Crippen molar-refractivity contribution in [3.05, 3.63) is 18.3 Å². The van der Waals surface area contributed by atoms with Gasteiger partial charge in [-0.2, -0.15) is 0 Å². The first kappa shape index (κ1) is 14.3. The third-order valence-corrected chi connectivity index (χ3v) is 3.24. The van der Waals surface area contributed by atoms with Crippen molar-refractivity contribution >= 4 is 17.5 Å². The molecule has 0 aromatic carbocycles. The van der Waals surface area contributed by atoms with Crippen LogP contribution in [-0.4, -0.2) is 41.9 Å². The fourth-order valence-electron chi connectivity index (χ4n) is 2.15. The van der Waals surface area contributed by atoms with Crippen LogP contribution in [0.1, 0.15) is 25.7 Å². The highest BCUT2D eigenvalue weighted by molar-refractivity contribution is 5.94. The maximum Gasteiger partial charge on any atom is 0.244 e. The number of nitrogens with one attached hydrogen (secondary N) is 1. The van der Waals surface area contributed by atoms with E-state index in [1.807, 2.05) is 0 Å². The first-order valence-corrected chi connectivity index (χ1v) is 6.76. The number of rotatable bonds is 4. The Morgan fingerprint density at radius 1 is 1.40 bits per heavy atom. The van der Waals surface area contributed by atoms with Crippen LogP contribution in [0.2, 0.25) is 0 Å². The van der Waals surface area contributed by atoms with Crippen molar-refractivity contribution in [3.8, 4) is 5.88 Å². The van der Waals surface area contributed by atoms with Gasteiger partial charge in [-0.25, -0.2) is 4.98 Å². The summed E-state index contributed by atoms with van der Waals surface area (Å²) in [6.45, 7) is 0.762. The largest absolute Gasteiger partial charge is 0.481 e. The molecule has 2 rings (SSSR count). The fraction of sp³-hybridized carbons (Fsp3) is 0.500. The lowest BCUT2D eigenvalue weighted by molar-refractivity contribution is -0.134. The zero-order valence-electron chi connectivity index (χ0n) is 11.6. The Morgan fingerprint density at radius 3 is 2.95 bits per heavy atom. The molecule has 0 unspecified atom stereocenters. The van der Waals surface area contributed by atoms with Crippen molar-refractivity contribution < 1.29 is 14.3 Å². The number of hydrogen-bond acceptors (Lipinski definition) is 4. The zero-order chi connectivity index (χ0) is 14.4. The third-order valence-electron chi connectivity index (χ3n) is 3.24. The SMILES string of the molecule is COc1ccc(NC(=O)CN2CCCCCC2=O)cn1. The highest BCUT2D eigenvalue weighted by Crippen LogP contribution is 2.13. The van der Waals surface area contributed by atoms with E-state index in [4.69, 9.17) is 4.74 Å². The number of likely N-dealkylation sites (tertiary alicyclic amines) is 1. The van der Waals surface area contributed by atoms with Crippen LogP contribution < -0.4 is 10.1 Å². The molecule has 0 bridgehead atoms. The van der Waals surface area contributed by atoms with E-state index in [2.05, 4.69) is 10.3 Å². The van der Waals surface area contributed by atoms with Crippen LogP contribution in [0.3, 0.4) is 0 Å². The van der Waals surface area contributed by atoms with Crippen LogP contribution in [-0.2, 0) is 9.59 Å². The molecule has 1 aromatic heterocycles. The number of anilines is 1. The molecule has 20 heavy (non-hydrogen) atoms. The van der Waals surface area contributed by atoms with Crippen LogP contribution in [0.5, 0.6) is 5.88 Å². The van der Waals surface area contributed by atoms with Crippen molar-refractivity contribution in [1.82, 2.24) is 9.88 Å². The number of carbonyl (C=O) groups excluding carboxylic acids is 2. The molecule has 2 heterocycles. The zero-order valence-corrected chi connectivity index (χ0v) is 11.6. The maximum absolute atomic E-state index is 11.9. The predicted molar refractivity (Wildman–Crippen MR) is 74.5 cm³/mol. The molecule has 108 valence electrons. The number of pyridine rings is 1. The minimum absolute atomic E-state index is 0.0607. The van der Waals surface area contributed by atoms with E-state index in [0.717, 1.165) is 19.3 Å². The number of aromatic nitrogens is 1. The van der Waals surface area contributed by atoms with Gasteiger partial charge >= 0.3 is 0 Å². The Kier molecular flexibility index (Phi) is 4.92. The molecule has 6 nitrogen and oxygen atoms in total. The summed E-state index contributed by atoms with van der Waals surface area (Å²) in [5.74, 6) is 0.350. The van der Waals surface area contributed by atoms with Gasteiger partial charge in [-0.15, -0.1) is 0 Å². The lowest BCUT2D eigenvalue weighted by Gasteiger charge is -2.19. The monoisotopic (exact) mass is 277 g/mol. The Morgan fingerprint density at radius 2 is 2.25 bits per heavy atom. The van der Waals surface area contributed by atoms with Gasteiger partial charge in [0.1, 0.15) is 0 Å². The summed E-state index contributed by atoms with van der Waals surface area (Å²) in [6.07, 6.45) is 4.99. The van der Waals surface area contributed by atoms with Crippen molar-refractivity contribution in [2.75, 3.05) is 25.5 Å². The van der Waals surface area contributed by atoms with Crippen molar-refractivity contribution in [2.24, 2.45) is 0 Å². The van der Waals surface area contributed by atoms with E-state index in [0.29, 0.717) is 24.5 Å². The average Bonchev–Trinajstić information content (AvgIpc) is 2.65. The van der Waals surface area contributed by atoms with Crippen LogP contribution >= 0.6 is 0 Å². The van der Waals surface area contributed by atoms with E-state index in [-0.39, 0.29) is 18.4 Å². The summed E-state index contributed by atoms with van der Waals surface area (Å²) in [5.41, 5.74) is 0.595. The standard InChI is InChI=1S/C14H19N3O3/c1-20-13-7-6-11(9-15-13)16-12(18)10-17-8-4-2-3-5-14(17)19/h6-7,9H,2-5,8,10H2,1H3,(H,16,18). The van der Waals surface area contributed by atoms with Crippen molar-refractivity contribution in [1.29, 1.82) is 0 Å². The highest BCUT2D eigenvalue weighted by atomic mass is 16.5. The van der Waals surface area contributed by atoms with E-state index >= 15 is 0 Å². The van der Waals surface area contributed by atoms with E-state index in [9.17, 15) is 9.59 Å². The van der Waals surface area contributed by atoms with Crippen molar-refractivity contribution in [3.63, 3.8) is 0 Å². The van der Waals surface area contributed by atoms with Gasteiger partial charge in [-0.3, -0.25) is 9.59 Å². The van der Waals surface area contributed by atoms with E-state index < -0.39 is 0 Å². The van der Waals surface area contributed by atoms with Gasteiger partial charge < -0.3 is 15.0 Å². The first-order valence-electron chi connectivity index (χ1n) is 6.76. The lowest BCUT2D eigenvalue weighted by atomic mass is 10.2. The molecule has 0 aliphatic carbocycles. The normalized spacial score (nSPS) is 15.7. The van der Waals surface area contributed by atoms with Crippen LogP contribution in [0.25, 0.3) is 0 Å². The molecule has 2 amide bonds. The Labute approximate surface area is 118 Å². The fourth-order valence-corrected chi connectivity index (χ4v) is 2.15. The first-order chi connectivity index (χ1) is 9.69. The van der Waals surface area contributed by atoms with Crippen molar-refractivity contribution in [2.45, 2.75) is 25.7 Å². The van der Waals surface area contributed by atoms with Crippen LogP contribution in [0.15, 0.2) is 18.3 Å². The van der Waals surface area contributed by atoms with Crippen LogP contribution in [0, 0.1) is 0 Å². The maximum atomic E-state index is 11.9. The number of amides is 2. The smallest absolute Gasteiger partial charge is 0.244 e. The molecule has 6 heteroatoms. The second kappa shape index (κ2) is 6.88. The number of nitrogens with zero attached hydrogens (tertiary/aromatic N) is 2. The number of ether oxygens (including phenoxy) is 1. The third kappa shape index (κ3) is 3.94. The Hall–Kier alpha value is -2.11. The molecule has 1 aliphatic heterocycles. The number of hydrogen-bond donors (Lipinski definition) is 1. The second-order valence-electron chi connectivity index (χ2n) is 4.76. The molecule has 1 saturated heterocycles. The molecule has 1 N–H and O–H groups in total. The van der Waals surface area contributed by atoms with Gasteiger partial charge in [0, 0.05) is 19.0 Å². The summed E-state index contributed by atoms with van der Waals surface area (Å²) >= 11 is 0. The van der Waals surface area contributed by atoms with Gasteiger partial charge in [-0.05, 0) is 18.9 Å². The molecule has 0 saturated carbocycles. The lowest BCUT2D eigenvalue weighted by Crippen LogP contribution is -2.37. The minimum atomic E-state index is -0.202.